The van der Waals surface area contributed by atoms with Gasteiger partial charge in [-0.3, -0.25) is 0 Å². The van der Waals surface area contributed by atoms with E-state index in [4.69, 9.17) is 16.3 Å². The molecule has 0 aromatic carbocycles. The van der Waals surface area contributed by atoms with Crippen molar-refractivity contribution in [3.8, 4) is 0 Å². The molecule has 0 heterocycles. The third-order valence-electron chi connectivity index (χ3n) is 2.65. The molecular weight excluding hydrogens is 160 g/mol. The number of ether oxygens (including phenoxy) is 1. The summed E-state index contributed by atoms with van der Waals surface area (Å²) in [5.74, 6) is 0.676. The normalized spacial score (nSPS) is 35.2. The predicted molar refractivity (Wildman–Crippen MR) is 48.1 cm³/mol. The molecule has 0 bridgehead atoms. The van der Waals surface area contributed by atoms with E-state index >= 15 is 0 Å². The molecule has 0 saturated heterocycles. The van der Waals surface area contributed by atoms with Crippen molar-refractivity contribution in [3.05, 3.63) is 0 Å². The first-order chi connectivity index (χ1) is 5.24. The van der Waals surface area contributed by atoms with Crippen molar-refractivity contribution in [2.24, 2.45) is 5.92 Å². The zero-order valence-electron chi connectivity index (χ0n) is 7.35. The van der Waals surface area contributed by atoms with E-state index in [-0.39, 0.29) is 0 Å². The molecule has 2 heteroatoms. The van der Waals surface area contributed by atoms with Gasteiger partial charge in [-0.15, -0.1) is 11.6 Å². The smallest absolute Gasteiger partial charge is 0.0574 e. The third-order valence-corrected chi connectivity index (χ3v) is 3.01. The summed E-state index contributed by atoms with van der Waals surface area (Å²) in [6, 6.07) is 0. The van der Waals surface area contributed by atoms with Crippen molar-refractivity contribution in [1.82, 2.24) is 0 Å². The maximum atomic E-state index is 6.02. The van der Waals surface area contributed by atoms with Gasteiger partial charge in [0.15, 0.2) is 0 Å². The molecule has 1 nitrogen and oxygen atoms in total. The van der Waals surface area contributed by atoms with Crippen molar-refractivity contribution in [2.45, 2.75) is 44.1 Å². The van der Waals surface area contributed by atoms with Gasteiger partial charge >= 0.3 is 0 Å². The van der Waals surface area contributed by atoms with E-state index in [1.54, 1.807) is 7.11 Å². The summed E-state index contributed by atoms with van der Waals surface area (Å²) in [6.07, 6.45) is 5.40. The predicted octanol–water partition coefficient (Wildman–Crippen LogP) is 2.82. The second kappa shape index (κ2) is 4.32. The van der Waals surface area contributed by atoms with Crippen LogP contribution in [0, 0.1) is 5.92 Å². The fourth-order valence-corrected chi connectivity index (χ4v) is 2.04. The van der Waals surface area contributed by atoms with Gasteiger partial charge in [-0.05, 0) is 32.1 Å². The molecule has 0 radical (unpaired) electrons. The van der Waals surface area contributed by atoms with Crippen molar-refractivity contribution < 1.29 is 4.74 Å². The zero-order chi connectivity index (χ0) is 8.27. The number of alkyl halides is 1. The Bertz CT molecular complexity index is 114. The number of rotatable bonds is 2. The minimum Gasteiger partial charge on any atom is -0.381 e. The largest absolute Gasteiger partial charge is 0.381 e. The maximum absolute atomic E-state index is 6.02. The zero-order valence-corrected chi connectivity index (χ0v) is 8.10. The van der Waals surface area contributed by atoms with Gasteiger partial charge in [-0.1, -0.05) is 6.42 Å². The van der Waals surface area contributed by atoms with Crippen LogP contribution in [0.15, 0.2) is 0 Å². The van der Waals surface area contributed by atoms with Crippen molar-refractivity contribution >= 4 is 11.6 Å². The molecule has 1 fully saturated rings. The van der Waals surface area contributed by atoms with E-state index in [0.29, 0.717) is 17.4 Å². The summed E-state index contributed by atoms with van der Waals surface area (Å²) in [4.78, 5) is 0. The molecule has 66 valence electrons. The van der Waals surface area contributed by atoms with E-state index in [9.17, 15) is 0 Å². The molecule has 11 heavy (non-hydrogen) atoms. The van der Waals surface area contributed by atoms with Gasteiger partial charge in [-0.25, -0.2) is 0 Å². The molecule has 0 aromatic heterocycles. The van der Waals surface area contributed by atoms with Gasteiger partial charge in [0.05, 0.1) is 6.10 Å². The fraction of sp³-hybridized carbons (Fsp3) is 1.00. The molecule has 3 unspecified atom stereocenters. The Morgan fingerprint density at radius 2 is 2.18 bits per heavy atom. The van der Waals surface area contributed by atoms with Gasteiger partial charge in [0.25, 0.3) is 0 Å². The molecule has 1 aliphatic rings. The Hall–Kier alpha value is 0.250. The highest BCUT2D eigenvalue weighted by Crippen LogP contribution is 2.30. The van der Waals surface area contributed by atoms with Crippen LogP contribution in [0.4, 0.5) is 0 Å². The van der Waals surface area contributed by atoms with Crippen molar-refractivity contribution in [3.63, 3.8) is 0 Å². The first-order valence-electron chi connectivity index (χ1n) is 4.41. The number of halogens is 1. The minimum atomic E-state index is 0.313. The molecule has 0 amide bonds. The van der Waals surface area contributed by atoms with Crippen LogP contribution in [0.1, 0.15) is 32.6 Å². The summed E-state index contributed by atoms with van der Waals surface area (Å²) in [5.41, 5.74) is 0. The Kier molecular flexibility index (Phi) is 3.67. The first kappa shape index (κ1) is 9.34. The van der Waals surface area contributed by atoms with Crippen LogP contribution in [0.25, 0.3) is 0 Å². The van der Waals surface area contributed by atoms with Crippen LogP contribution < -0.4 is 0 Å². The van der Waals surface area contributed by atoms with E-state index in [1.807, 2.05) is 0 Å². The van der Waals surface area contributed by atoms with Crippen LogP contribution in [0.5, 0.6) is 0 Å². The Morgan fingerprint density at radius 3 is 2.73 bits per heavy atom. The lowest BCUT2D eigenvalue weighted by atomic mass is 9.85. The topological polar surface area (TPSA) is 9.23 Å². The molecule has 1 rings (SSSR count). The highest BCUT2D eigenvalue weighted by molar-refractivity contribution is 6.20. The third kappa shape index (κ3) is 2.64. The second-order valence-corrected chi connectivity index (χ2v) is 4.15. The first-order valence-corrected chi connectivity index (χ1v) is 4.84. The molecule has 0 N–H and O–H groups in total. The van der Waals surface area contributed by atoms with Gasteiger partial charge < -0.3 is 4.74 Å². The molecule has 0 aliphatic heterocycles. The highest BCUT2D eigenvalue weighted by atomic mass is 35.5. The minimum absolute atomic E-state index is 0.313. The molecule has 0 aromatic rings. The van der Waals surface area contributed by atoms with Crippen molar-refractivity contribution in [2.75, 3.05) is 7.11 Å². The van der Waals surface area contributed by atoms with Gasteiger partial charge in [-0.2, -0.15) is 0 Å². The van der Waals surface area contributed by atoms with E-state index in [2.05, 4.69) is 6.92 Å². The van der Waals surface area contributed by atoms with Crippen LogP contribution >= 0.6 is 11.6 Å². The van der Waals surface area contributed by atoms with Gasteiger partial charge in [0.2, 0.25) is 0 Å². The lowest BCUT2D eigenvalue weighted by Gasteiger charge is -2.29. The number of hydrogen-bond donors (Lipinski definition) is 0. The van der Waals surface area contributed by atoms with E-state index < -0.39 is 0 Å². The second-order valence-electron chi connectivity index (χ2n) is 3.46. The fourth-order valence-electron chi connectivity index (χ4n) is 1.81. The average Bonchev–Trinajstić information content (AvgIpc) is 2.05. The molecule has 0 spiro atoms. The lowest BCUT2D eigenvalue weighted by molar-refractivity contribution is 0.0507. The molecule has 1 aliphatic carbocycles. The van der Waals surface area contributed by atoms with Crippen LogP contribution in [-0.4, -0.2) is 18.6 Å². The monoisotopic (exact) mass is 176 g/mol. The summed E-state index contributed by atoms with van der Waals surface area (Å²) >= 11 is 6.02. The highest BCUT2D eigenvalue weighted by Gasteiger charge is 2.24. The van der Waals surface area contributed by atoms with E-state index in [1.165, 1.54) is 19.3 Å². The Labute approximate surface area is 74.1 Å². The summed E-state index contributed by atoms with van der Waals surface area (Å²) < 4.78 is 5.31. The van der Waals surface area contributed by atoms with Crippen molar-refractivity contribution in [1.29, 1.82) is 0 Å². The van der Waals surface area contributed by atoms with Gasteiger partial charge in [0.1, 0.15) is 0 Å². The van der Waals surface area contributed by atoms with E-state index in [0.717, 1.165) is 6.42 Å². The standard InChI is InChI=1S/C9H17ClO/c1-7(10)8-4-3-5-9(6-8)11-2/h7-9H,3-6H2,1-2H3. The number of hydrogen-bond acceptors (Lipinski definition) is 1. The molecule has 1 saturated carbocycles. The van der Waals surface area contributed by atoms with Crippen LogP contribution in [-0.2, 0) is 4.74 Å². The van der Waals surface area contributed by atoms with Crippen LogP contribution in [0.3, 0.4) is 0 Å². The summed E-state index contributed by atoms with van der Waals surface area (Å²) in [5, 5.41) is 0.313. The quantitative estimate of drug-likeness (QED) is 0.588. The Balaban J connectivity index is 2.33. The molecule has 3 atom stereocenters. The summed E-state index contributed by atoms with van der Waals surface area (Å²) in [7, 11) is 1.80. The SMILES string of the molecule is COC1CCCC(C(C)Cl)C1. The lowest BCUT2D eigenvalue weighted by Crippen LogP contribution is -2.25. The average molecular weight is 177 g/mol. The van der Waals surface area contributed by atoms with Crippen LogP contribution in [0.2, 0.25) is 0 Å². The number of methoxy groups -OCH3 is 1. The Morgan fingerprint density at radius 1 is 1.45 bits per heavy atom. The maximum Gasteiger partial charge on any atom is 0.0574 e. The van der Waals surface area contributed by atoms with Gasteiger partial charge in [0, 0.05) is 12.5 Å². The summed E-state index contributed by atoms with van der Waals surface area (Å²) in [6.45, 7) is 2.09. The molecular formula is C9H17ClO.